The maximum absolute atomic E-state index is 12.7. The lowest BCUT2D eigenvalue weighted by Crippen LogP contribution is -2.06. The van der Waals surface area contributed by atoms with Gasteiger partial charge in [0.15, 0.2) is 0 Å². The molecule has 0 aliphatic carbocycles. The average molecular weight is 312 g/mol. The number of halogens is 4. The highest BCUT2D eigenvalue weighted by Crippen LogP contribution is 2.35. The molecule has 0 fully saturated rings. The van der Waals surface area contributed by atoms with Gasteiger partial charge >= 0.3 is 6.18 Å². The van der Waals surface area contributed by atoms with Crippen molar-refractivity contribution in [2.24, 2.45) is 0 Å². The second-order valence-electron chi connectivity index (χ2n) is 4.28. The molecule has 21 heavy (non-hydrogen) atoms. The number of rotatable bonds is 2. The Balaban J connectivity index is 2.46. The minimum atomic E-state index is -4.47. The first-order chi connectivity index (χ1) is 9.82. The molecule has 0 radical (unpaired) electrons. The Bertz CT molecular complexity index is 720. The fraction of sp³-hybridized carbons (Fsp3) is 0.143. The van der Waals surface area contributed by atoms with Crippen molar-refractivity contribution >= 4 is 23.1 Å². The number of hydrogen-bond acceptors (Lipinski definition) is 3. The normalized spacial score (nSPS) is 11.0. The van der Waals surface area contributed by atoms with Gasteiger partial charge < -0.3 is 5.32 Å². The number of aryl methyl sites for hydroxylation is 1. The summed E-state index contributed by atoms with van der Waals surface area (Å²) in [6, 6.07) is 6.52. The quantitative estimate of drug-likeness (QED) is 0.876. The summed E-state index contributed by atoms with van der Waals surface area (Å²) < 4.78 is 38.1. The van der Waals surface area contributed by atoms with Gasteiger partial charge in [-0.15, -0.1) is 0 Å². The van der Waals surface area contributed by atoms with Gasteiger partial charge in [-0.1, -0.05) is 11.6 Å². The summed E-state index contributed by atoms with van der Waals surface area (Å²) in [6.07, 6.45) is -3.01. The first-order valence-electron chi connectivity index (χ1n) is 5.82. The van der Waals surface area contributed by atoms with E-state index in [-0.39, 0.29) is 22.1 Å². The summed E-state index contributed by atoms with van der Waals surface area (Å²) in [5.74, 6) is 0.165. The Morgan fingerprint density at radius 1 is 1.29 bits per heavy atom. The lowest BCUT2D eigenvalue weighted by molar-refractivity contribution is -0.137. The van der Waals surface area contributed by atoms with Gasteiger partial charge in [-0.25, -0.2) is 4.98 Å². The van der Waals surface area contributed by atoms with Gasteiger partial charge in [0.05, 0.1) is 21.8 Å². The van der Waals surface area contributed by atoms with Crippen molar-refractivity contribution in [3.8, 4) is 6.07 Å². The topological polar surface area (TPSA) is 48.7 Å². The summed E-state index contributed by atoms with van der Waals surface area (Å²) in [5, 5.41) is 11.9. The number of anilines is 2. The molecule has 108 valence electrons. The van der Waals surface area contributed by atoms with E-state index in [0.29, 0.717) is 5.56 Å². The third-order valence-electron chi connectivity index (χ3n) is 2.82. The summed E-state index contributed by atoms with van der Waals surface area (Å²) in [5.41, 5.74) is 0.130. The molecule has 0 aliphatic rings. The van der Waals surface area contributed by atoms with Crippen molar-refractivity contribution in [2.75, 3.05) is 5.32 Å². The molecule has 0 unspecified atom stereocenters. The fourth-order valence-electron chi connectivity index (χ4n) is 1.72. The molecule has 0 amide bonds. The fourth-order valence-corrected chi connectivity index (χ4v) is 1.88. The number of benzene rings is 1. The number of nitrogens with one attached hydrogen (secondary N) is 1. The molecule has 1 aromatic carbocycles. The van der Waals surface area contributed by atoms with Crippen LogP contribution < -0.4 is 5.32 Å². The molecule has 7 heteroatoms. The van der Waals surface area contributed by atoms with Crippen molar-refractivity contribution in [3.05, 3.63) is 52.2 Å². The van der Waals surface area contributed by atoms with Crippen LogP contribution in [0.3, 0.4) is 0 Å². The van der Waals surface area contributed by atoms with Gasteiger partial charge in [0.25, 0.3) is 0 Å². The molecule has 2 rings (SSSR count). The van der Waals surface area contributed by atoms with E-state index in [0.717, 1.165) is 18.2 Å². The summed E-state index contributed by atoms with van der Waals surface area (Å²) >= 11 is 5.89. The molecule has 1 N–H and O–H groups in total. The maximum atomic E-state index is 12.7. The predicted molar refractivity (Wildman–Crippen MR) is 73.4 cm³/mol. The van der Waals surface area contributed by atoms with Crippen molar-refractivity contribution in [1.82, 2.24) is 4.98 Å². The molecule has 0 saturated heterocycles. The monoisotopic (exact) mass is 311 g/mol. The molecular formula is C14H9ClF3N3. The minimum Gasteiger partial charge on any atom is -0.338 e. The van der Waals surface area contributed by atoms with Gasteiger partial charge in [-0.05, 0) is 36.8 Å². The summed E-state index contributed by atoms with van der Waals surface area (Å²) in [6.45, 7) is 1.71. The Labute approximate surface area is 124 Å². The van der Waals surface area contributed by atoms with Crippen LogP contribution in [-0.4, -0.2) is 4.98 Å². The molecule has 0 spiro atoms. The number of nitriles is 1. The second kappa shape index (κ2) is 5.62. The zero-order valence-corrected chi connectivity index (χ0v) is 11.5. The van der Waals surface area contributed by atoms with E-state index in [4.69, 9.17) is 16.9 Å². The lowest BCUT2D eigenvalue weighted by atomic mass is 10.1. The standard InChI is InChI=1S/C14H9ClF3N3/c1-8-4-5-20-13(10(8)7-19)21-12-6-9(14(16,17)18)2-3-11(12)15/h2-6H,1H3,(H,20,21). The Kier molecular flexibility index (Phi) is 4.05. The van der Waals surface area contributed by atoms with Crippen LogP contribution in [0.1, 0.15) is 16.7 Å². The van der Waals surface area contributed by atoms with Crippen molar-refractivity contribution < 1.29 is 13.2 Å². The van der Waals surface area contributed by atoms with E-state index in [1.165, 1.54) is 6.20 Å². The van der Waals surface area contributed by atoms with Gasteiger partial charge in [0.1, 0.15) is 11.9 Å². The largest absolute Gasteiger partial charge is 0.416 e. The number of nitrogens with zero attached hydrogens (tertiary/aromatic N) is 2. The summed E-state index contributed by atoms with van der Waals surface area (Å²) in [4.78, 5) is 3.97. The third kappa shape index (κ3) is 3.26. The van der Waals surface area contributed by atoms with E-state index in [2.05, 4.69) is 10.3 Å². The smallest absolute Gasteiger partial charge is 0.338 e. The first-order valence-corrected chi connectivity index (χ1v) is 6.20. The van der Waals surface area contributed by atoms with Gasteiger partial charge in [-0.2, -0.15) is 18.4 Å². The highest BCUT2D eigenvalue weighted by Gasteiger charge is 2.31. The van der Waals surface area contributed by atoms with Crippen LogP contribution in [0, 0.1) is 18.3 Å². The number of alkyl halides is 3. The van der Waals surface area contributed by atoms with Crippen molar-refractivity contribution in [2.45, 2.75) is 13.1 Å². The molecular weight excluding hydrogens is 303 g/mol. The average Bonchev–Trinajstić information content (AvgIpc) is 2.40. The number of hydrogen-bond donors (Lipinski definition) is 1. The molecule has 1 aromatic heterocycles. The van der Waals surface area contributed by atoms with Gasteiger partial charge in [0, 0.05) is 6.20 Å². The molecule has 0 saturated carbocycles. The SMILES string of the molecule is Cc1ccnc(Nc2cc(C(F)(F)F)ccc2Cl)c1C#N. The minimum absolute atomic E-state index is 0.0427. The molecule has 2 aromatic rings. The van der Waals surface area contributed by atoms with Crippen LogP contribution in [0.15, 0.2) is 30.5 Å². The Morgan fingerprint density at radius 2 is 2.00 bits per heavy atom. The predicted octanol–water partition coefficient (Wildman–Crippen LogP) is 4.68. The van der Waals surface area contributed by atoms with E-state index in [1.807, 2.05) is 6.07 Å². The molecule has 0 bridgehead atoms. The maximum Gasteiger partial charge on any atom is 0.416 e. The Hall–Kier alpha value is -2.26. The van der Waals surface area contributed by atoms with Crippen LogP contribution in [0.2, 0.25) is 5.02 Å². The van der Waals surface area contributed by atoms with Crippen LogP contribution in [0.5, 0.6) is 0 Å². The highest BCUT2D eigenvalue weighted by atomic mass is 35.5. The molecule has 1 heterocycles. The van der Waals surface area contributed by atoms with Crippen LogP contribution in [-0.2, 0) is 6.18 Å². The summed E-state index contributed by atoms with van der Waals surface area (Å²) in [7, 11) is 0. The van der Waals surface area contributed by atoms with E-state index < -0.39 is 11.7 Å². The first kappa shape index (κ1) is 15.1. The van der Waals surface area contributed by atoms with Crippen LogP contribution >= 0.6 is 11.6 Å². The highest BCUT2D eigenvalue weighted by molar-refractivity contribution is 6.33. The molecule has 0 aliphatic heterocycles. The van der Waals surface area contributed by atoms with Gasteiger partial charge in [-0.3, -0.25) is 0 Å². The third-order valence-corrected chi connectivity index (χ3v) is 3.15. The number of pyridine rings is 1. The van der Waals surface area contributed by atoms with Crippen molar-refractivity contribution in [1.29, 1.82) is 5.26 Å². The van der Waals surface area contributed by atoms with Gasteiger partial charge in [0.2, 0.25) is 0 Å². The van der Waals surface area contributed by atoms with Crippen LogP contribution in [0.4, 0.5) is 24.7 Å². The number of aromatic nitrogens is 1. The van der Waals surface area contributed by atoms with Crippen molar-refractivity contribution in [3.63, 3.8) is 0 Å². The second-order valence-corrected chi connectivity index (χ2v) is 4.69. The Morgan fingerprint density at radius 3 is 2.62 bits per heavy atom. The molecule has 0 atom stereocenters. The zero-order valence-electron chi connectivity index (χ0n) is 10.8. The van der Waals surface area contributed by atoms with E-state index in [9.17, 15) is 13.2 Å². The zero-order chi connectivity index (χ0) is 15.6. The lowest BCUT2D eigenvalue weighted by Gasteiger charge is -2.13. The molecule has 3 nitrogen and oxygen atoms in total. The van der Waals surface area contributed by atoms with Crippen LogP contribution in [0.25, 0.3) is 0 Å². The van der Waals surface area contributed by atoms with E-state index in [1.54, 1.807) is 13.0 Å². The van der Waals surface area contributed by atoms with E-state index >= 15 is 0 Å².